The molecule has 0 aromatic carbocycles. The molecular formula is C12H18N4O2. The summed E-state index contributed by atoms with van der Waals surface area (Å²) in [6.07, 6.45) is 1.84. The third kappa shape index (κ3) is 3.18. The Morgan fingerprint density at radius 2 is 2.17 bits per heavy atom. The third-order valence-electron chi connectivity index (χ3n) is 2.96. The number of anilines is 1. The number of rotatable bonds is 4. The van der Waals surface area contributed by atoms with Gasteiger partial charge in [-0.25, -0.2) is 4.98 Å². The Kier molecular flexibility index (Phi) is 4.11. The van der Waals surface area contributed by atoms with Crippen LogP contribution in [0.15, 0.2) is 18.3 Å². The fourth-order valence-corrected chi connectivity index (χ4v) is 1.93. The van der Waals surface area contributed by atoms with E-state index < -0.39 is 5.91 Å². The van der Waals surface area contributed by atoms with Crippen LogP contribution in [0.3, 0.4) is 0 Å². The van der Waals surface area contributed by atoms with Gasteiger partial charge in [0.2, 0.25) is 5.91 Å². The zero-order chi connectivity index (χ0) is 13.0. The third-order valence-corrected chi connectivity index (χ3v) is 2.96. The van der Waals surface area contributed by atoms with Gasteiger partial charge in [-0.05, 0) is 11.6 Å². The summed E-state index contributed by atoms with van der Waals surface area (Å²) in [7, 11) is 0. The van der Waals surface area contributed by atoms with E-state index in [0.29, 0.717) is 0 Å². The molecule has 2 rings (SSSR count). The molecule has 1 unspecified atom stereocenters. The topological polar surface area (TPSA) is 94.5 Å². The van der Waals surface area contributed by atoms with E-state index in [1.165, 1.54) is 0 Å². The molecule has 1 saturated heterocycles. The van der Waals surface area contributed by atoms with E-state index in [-0.39, 0.29) is 12.5 Å². The molecule has 1 aliphatic rings. The summed E-state index contributed by atoms with van der Waals surface area (Å²) in [5.74, 6) is 0.507. The summed E-state index contributed by atoms with van der Waals surface area (Å²) in [5.41, 5.74) is 11.8. The molecule has 4 N–H and O–H groups in total. The molecule has 0 spiro atoms. The van der Waals surface area contributed by atoms with E-state index in [9.17, 15) is 4.79 Å². The van der Waals surface area contributed by atoms with Gasteiger partial charge in [0, 0.05) is 31.7 Å². The Balaban J connectivity index is 2.02. The van der Waals surface area contributed by atoms with E-state index >= 15 is 0 Å². The van der Waals surface area contributed by atoms with Crippen molar-refractivity contribution < 1.29 is 9.53 Å². The van der Waals surface area contributed by atoms with Crippen molar-refractivity contribution in [3.63, 3.8) is 0 Å². The Morgan fingerprint density at radius 3 is 2.72 bits per heavy atom. The van der Waals surface area contributed by atoms with Gasteiger partial charge in [0.05, 0.1) is 13.2 Å². The molecular weight excluding hydrogens is 232 g/mol. The minimum Gasteiger partial charge on any atom is -0.378 e. The van der Waals surface area contributed by atoms with Gasteiger partial charge in [-0.3, -0.25) is 4.79 Å². The van der Waals surface area contributed by atoms with Crippen molar-refractivity contribution >= 4 is 11.7 Å². The van der Waals surface area contributed by atoms with Crippen molar-refractivity contribution in [2.75, 3.05) is 31.2 Å². The summed E-state index contributed by atoms with van der Waals surface area (Å²) in [6, 6.07) is 3.43. The molecule has 0 radical (unpaired) electrons. The second-order valence-corrected chi connectivity index (χ2v) is 4.33. The van der Waals surface area contributed by atoms with E-state index in [1.807, 2.05) is 12.1 Å². The first-order valence-corrected chi connectivity index (χ1v) is 5.99. The van der Waals surface area contributed by atoms with Crippen LogP contribution in [0.2, 0.25) is 0 Å². The van der Waals surface area contributed by atoms with E-state index in [1.54, 1.807) is 6.20 Å². The van der Waals surface area contributed by atoms with Crippen LogP contribution >= 0.6 is 0 Å². The average Bonchev–Trinajstić information content (AvgIpc) is 2.39. The molecule has 2 heterocycles. The lowest BCUT2D eigenvalue weighted by Crippen LogP contribution is -2.36. The van der Waals surface area contributed by atoms with Gasteiger partial charge >= 0.3 is 0 Å². The zero-order valence-electron chi connectivity index (χ0n) is 10.2. The van der Waals surface area contributed by atoms with Crippen LogP contribution in [0.5, 0.6) is 0 Å². The molecule has 1 aromatic rings. The van der Waals surface area contributed by atoms with E-state index in [4.69, 9.17) is 16.2 Å². The van der Waals surface area contributed by atoms with Crippen molar-refractivity contribution in [1.29, 1.82) is 0 Å². The lowest BCUT2D eigenvalue weighted by Gasteiger charge is -2.27. The van der Waals surface area contributed by atoms with Crippen LogP contribution in [-0.4, -0.2) is 37.2 Å². The Bertz CT molecular complexity index is 401. The number of aromatic nitrogens is 1. The van der Waals surface area contributed by atoms with Gasteiger partial charge in [0.15, 0.2) is 0 Å². The molecule has 6 heteroatoms. The maximum Gasteiger partial charge on any atom is 0.219 e. The van der Waals surface area contributed by atoms with Crippen LogP contribution in [0.1, 0.15) is 18.0 Å². The van der Waals surface area contributed by atoms with Gasteiger partial charge < -0.3 is 21.1 Å². The van der Waals surface area contributed by atoms with Crippen LogP contribution in [0, 0.1) is 0 Å². The van der Waals surface area contributed by atoms with Crippen LogP contribution in [0.4, 0.5) is 5.82 Å². The highest BCUT2D eigenvalue weighted by molar-refractivity contribution is 5.74. The standard InChI is InChI=1S/C12H18N4O2/c13-10(7-11(14)17)9-1-2-12(15-8-9)16-3-5-18-6-4-16/h1-2,8,10H,3-7,13H2,(H2,14,17). The number of nitrogens with zero attached hydrogens (tertiary/aromatic N) is 2. The molecule has 98 valence electrons. The summed E-state index contributed by atoms with van der Waals surface area (Å²) in [6.45, 7) is 3.15. The molecule has 18 heavy (non-hydrogen) atoms. The molecule has 1 aliphatic heterocycles. The highest BCUT2D eigenvalue weighted by atomic mass is 16.5. The normalized spacial score (nSPS) is 17.5. The average molecular weight is 250 g/mol. The minimum absolute atomic E-state index is 0.137. The number of hydrogen-bond acceptors (Lipinski definition) is 5. The Hall–Kier alpha value is -1.66. The first-order valence-electron chi connectivity index (χ1n) is 5.99. The SMILES string of the molecule is NC(=O)CC(N)c1ccc(N2CCOCC2)nc1. The van der Waals surface area contributed by atoms with Crippen molar-refractivity contribution in [1.82, 2.24) is 4.98 Å². The molecule has 1 aromatic heterocycles. The van der Waals surface area contributed by atoms with Gasteiger partial charge in [-0.1, -0.05) is 6.07 Å². The van der Waals surface area contributed by atoms with Crippen molar-refractivity contribution in [3.05, 3.63) is 23.9 Å². The summed E-state index contributed by atoms with van der Waals surface area (Å²) < 4.78 is 5.29. The Labute approximate surface area is 106 Å². The second kappa shape index (κ2) is 5.79. The number of carbonyl (C=O) groups excluding carboxylic acids is 1. The van der Waals surface area contributed by atoms with Crippen LogP contribution in [-0.2, 0) is 9.53 Å². The molecule has 0 aliphatic carbocycles. The van der Waals surface area contributed by atoms with E-state index in [2.05, 4.69) is 9.88 Å². The minimum atomic E-state index is -0.403. The van der Waals surface area contributed by atoms with Crippen LogP contribution in [0.25, 0.3) is 0 Å². The molecule has 0 saturated carbocycles. The molecule has 1 fully saturated rings. The second-order valence-electron chi connectivity index (χ2n) is 4.33. The summed E-state index contributed by atoms with van der Waals surface area (Å²) >= 11 is 0. The highest BCUT2D eigenvalue weighted by Gasteiger charge is 2.14. The monoisotopic (exact) mass is 250 g/mol. The molecule has 0 bridgehead atoms. The van der Waals surface area contributed by atoms with E-state index in [0.717, 1.165) is 37.7 Å². The largest absolute Gasteiger partial charge is 0.378 e. The first-order chi connectivity index (χ1) is 8.66. The first kappa shape index (κ1) is 12.8. The van der Waals surface area contributed by atoms with Gasteiger partial charge in [-0.2, -0.15) is 0 Å². The summed E-state index contributed by atoms with van der Waals surface area (Å²) in [4.78, 5) is 17.3. The van der Waals surface area contributed by atoms with Crippen molar-refractivity contribution in [2.24, 2.45) is 11.5 Å². The fraction of sp³-hybridized carbons (Fsp3) is 0.500. The van der Waals surface area contributed by atoms with Crippen molar-refractivity contribution in [3.8, 4) is 0 Å². The fourth-order valence-electron chi connectivity index (χ4n) is 1.93. The van der Waals surface area contributed by atoms with Crippen LogP contribution < -0.4 is 16.4 Å². The van der Waals surface area contributed by atoms with Gasteiger partial charge in [0.1, 0.15) is 5.82 Å². The smallest absolute Gasteiger partial charge is 0.219 e. The Morgan fingerprint density at radius 1 is 1.44 bits per heavy atom. The zero-order valence-corrected chi connectivity index (χ0v) is 10.2. The maximum absolute atomic E-state index is 10.8. The van der Waals surface area contributed by atoms with Gasteiger partial charge in [-0.15, -0.1) is 0 Å². The molecule has 1 amide bonds. The molecule has 6 nitrogen and oxygen atoms in total. The lowest BCUT2D eigenvalue weighted by atomic mass is 10.1. The number of pyridine rings is 1. The number of morpholine rings is 1. The summed E-state index contributed by atoms with van der Waals surface area (Å²) in [5, 5.41) is 0. The number of hydrogen-bond donors (Lipinski definition) is 2. The predicted octanol–water partition coefficient (Wildman–Crippen LogP) is -0.207. The number of carbonyl (C=O) groups is 1. The number of amides is 1. The quantitative estimate of drug-likeness (QED) is 0.771. The predicted molar refractivity (Wildman–Crippen MR) is 68.0 cm³/mol. The van der Waals surface area contributed by atoms with Gasteiger partial charge in [0.25, 0.3) is 0 Å². The molecule has 1 atom stereocenters. The number of primary amides is 1. The lowest BCUT2D eigenvalue weighted by molar-refractivity contribution is -0.118. The number of ether oxygens (including phenoxy) is 1. The number of nitrogens with two attached hydrogens (primary N) is 2. The highest BCUT2D eigenvalue weighted by Crippen LogP contribution is 2.17. The van der Waals surface area contributed by atoms with Crippen molar-refractivity contribution in [2.45, 2.75) is 12.5 Å². The maximum atomic E-state index is 10.8.